The van der Waals surface area contributed by atoms with Gasteiger partial charge in [0.15, 0.2) is 11.5 Å². The van der Waals surface area contributed by atoms with Gasteiger partial charge in [0.25, 0.3) is 0 Å². The fraction of sp³-hybridized carbons (Fsp3) is 0.579. The Balaban J connectivity index is 1.71. The predicted octanol–water partition coefficient (Wildman–Crippen LogP) is 9.38. The summed E-state index contributed by atoms with van der Waals surface area (Å²) >= 11 is 4.00. The number of rotatable bonds is 15. The molecular weight excluding hydrogens is 757 g/mol. The maximum Gasteiger partial charge on any atom is 0.408 e. The molecular formula is C38H57BrN6O5Si2. The van der Waals surface area contributed by atoms with E-state index < -0.39 is 33.7 Å². The molecule has 1 aromatic carbocycles. The molecule has 4 aromatic rings. The van der Waals surface area contributed by atoms with Crippen molar-refractivity contribution in [3.05, 3.63) is 52.9 Å². The van der Waals surface area contributed by atoms with Crippen molar-refractivity contribution in [2.24, 2.45) is 5.41 Å². The van der Waals surface area contributed by atoms with Crippen LogP contribution >= 0.6 is 15.9 Å². The van der Waals surface area contributed by atoms with Crippen LogP contribution in [-0.2, 0) is 14.2 Å². The van der Waals surface area contributed by atoms with Gasteiger partial charge >= 0.3 is 6.09 Å². The SMILES string of the molecule is CC(C)(C)C(c1nc2c(-c3cnc4ccccc4c3)cnn2c(N(COCC[Si](C)(C)C)COCC[Si](C)(C)C)c1Br)N(C(=O)O)C1CCOCC1. The lowest BCUT2D eigenvalue weighted by molar-refractivity contribution is -0.00269. The number of carbonyl (C=O) groups is 1. The Morgan fingerprint density at radius 3 is 2.21 bits per heavy atom. The van der Waals surface area contributed by atoms with Gasteiger partial charge in [-0.05, 0) is 58.4 Å². The summed E-state index contributed by atoms with van der Waals surface area (Å²) in [5.74, 6) is 0.701. The average molecular weight is 814 g/mol. The van der Waals surface area contributed by atoms with Crippen molar-refractivity contribution in [2.75, 3.05) is 44.8 Å². The molecule has 0 saturated carbocycles. The fourth-order valence-electron chi connectivity index (χ4n) is 6.52. The molecule has 0 radical (unpaired) electrons. The minimum absolute atomic E-state index is 0.219. The zero-order valence-electron chi connectivity index (χ0n) is 32.4. The highest BCUT2D eigenvalue weighted by atomic mass is 79.9. The van der Waals surface area contributed by atoms with E-state index in [1.54, 1.807) is 4.90 Å². The van der Waals surface area contributed by atoms with Crippen LogP contribution in [0.3, 0.4) is 0 Å². The second kappa shape index (κ2) is 16.6. The zero-order chi connectivity index (χ0) is 37.8. The number of amides is 1. The third-order valence-electron chi connectivity index (χ3n) is 9.44. The second-order valence-corrected chi connectivity index (χ2v) is 29.4. The van der Waals surface area contributed by atoms with Crippen molar-refractivity contribution >= 4 is 60.5 Å². The number of carboxylic acid groups (broad SMARTS) is 1. The molecule has 5 rings (SSSR count). The Labute approximate surface area is 319 Å². The molecule has 4 heterocycles. The molecule has 0 aliphatic carbocycles. The highest BCUT2D eigenvalue weighted by Crippen LogP contribution is 2.46. The van der Waals surface area contributed by atoms with E-state index in [0.29, 0.717) is 60.9 Å². The van der Waals surface area contributed by atoms with E-state index in [9.17, 15) is 9.90 Å². The van der Waals surface area contributed by atoms with Gasteiger partial charge in [0.1, 0.15) is 13.5 Å². The Bertz CT molecular complexity index is 1810. The quantitative estimate of drug-likeness (QED) is 0.0713. The Morgan fingerprint density at radius 2 is 1.63 bits per heavy atom. The molecule has 1 aliphatic heterocycles. The fourth-order valence-corrected chi connectivity index (χ4v) is 8.75. The van der Waals surface area contributed by atoms with E-state index >= 15 is 0 Å². The van der Waals surface area contributed by atoms with Gasteiger partial charge in [-0.1, -0.05) is 78.3 Å². The average Bonchev–Trinajstić information content (AvgIpc) is 3.48. The number of hydrogen-bond donors (Lipinski definition) is 1. The molecule has 52 heavy (non-hydrogen) atoms. The predicted molar refractivity (Wildman–Crippen MR) is 218 cm³/mol. The van der Waals surface area contributed by atoms with Crippen molar-refractivity contribution < 1.29 is 24.1 Å². The first-order valence-corrected chi connectivity index (χ1v) is 26.6. The lowest BCUT2D eigenvalue weighted by atomic mass is 9.82. The lowest BCUT2D eigenvalue weighted by Crippen LogP contribution is -2.49. The minimum Gasteiger partial charge on any atom is -0.465 e. The van der Waals surface area contributed by atoms with Gasteiger partial charge < -0.3 is 24.2 Å². The Hall–Kier alpha value is -2.89. The van der Waals surface area contributed by atoms with E-state index in [0.717, 1.165) is 34.1 Å². The molecule has 1 unspecified atom stereocenters. The summed E-state index contributed by atoms with van der Waals surface area (Å²) in [4.78, 5) is 27.1. The molecule has 11 nitrogen and oxygen atoms in total. The molecule has 1 saturated heterocycles. The number of nitrogens with zero attached hydrogens (tertiary/aromatic N) is 6. The van der Waals surface area contributed by atoms with E-state index in [2.05, 4.69) is 86.9 Å². The summed E-state index contributed by atoms with van der Waals surface area (Å²) < 4.78 is 20.9. The highest BCUT2D eigenvalue weighted by Gasteiger charge is 2.43. The summed E-state index contributed by atoms with van der Waals surface area (Å²) in [6.07, 6.45) is 3.94. The van der Waals surface area contributed by atoms with Crippen LogP contribution in [0, 0.1) is 5.41 Å². The summed E-state index contributed by atoms with van der Waals surface area (Å²) in [5.41, 5.74) is 3.27. The van der Waals surface area contributed by atoms with Crippen LogP contribution in [-0.4, -0.2) is 97.8 Å². The molecule has 1 aliphatic rings. The van der Waals surface area contributed by atoms with Crippen molar-refractivity contribution in [1.29, 1.82) is 0 Å². The summed E-state index contributed by atoms with van der Waals surface area (Å²) in [6, 6.07) is 11.4. The first-order chi connectivity index (χ1) is 24.4. The number of para-hydroxylation sites is 1. The number of halogens is 1. The smallest absolute Gasteiger partial charge is 0.408 e. The molecule has 3 aromatic heterocycles. The van der Waals surface area contributed by atoms with Gasteiger partial charge in [-0.3, -0.25) is 9.88 Å². The Morgan fingerprint density at radius 1 is 1.02 bits per heavy atom. The molecule has 1 atom stereocenters. The molecule has 1 amide bonds. The number of hydrogen-bond acceptors (Lipinski definition) is 8. The third-order valence-corrected chi connectivity index (χ3v) is 13.6. The second-order valence-electron chi connectivity index (χ2n) is 17.4. The normalized spacial score (nSPS) is 15.3. The van der Waals surface area contributed by atoms with Crippen LogP contribution in [0.5, 0.6) is 0 Å². The standard InChI is InChI=1S/C38H57BrN6O5Si2/c1-38(2,3)34(44(37(46)47)29-14-16-48-17-15-29)33-32(39)36(43(25-49-18-20-51(4,5)6)26-50-19-21-52(7,8)9)45-35(42-33)30(24-41-45)28-22-27-12-10-11-13-31(27)40-23-28/h10-13,22-24,29,34H,14-21,25-26H2,1-9H3,(H,46,47). The first kappa shape index (κ1) is 40.3. The minimum atomic E-state index is -1.34. The maximum atomic E-state index is 13.3. The van der Waals surface area contributed by atoms with Crippen molar-refractivity contribution in [3.63, 3.8) is 0 Å². The van der Waals surface area contributed by atoms with Crippen LogP contribution < -0.4 is 4.90 Å². The number of aromatic nitrogens is 4. The van der Waals surface area contributed by atoms with Crippen molar-refractivity contribution in [2.45, 2.75) is 97.1 Å². The lowest BCUT2D eigenvalue weighted by Gasteiger charge is -2.44. The van der Waals surface area contributed by atoms with Crippen LogP contribution in [0.4, 0.5) is 10.6 Å². The number of benzene rings is 1. The molecule has 1 fully saturated rings. The number of pyridine rings is 1. The zero-order valence-corrected chi connectivity index (χ0v) is 36.0. The van der Waals surface area contributed by atoms with Crippen LogP contribution in [0.25, 0.3) is 27.7 Å². The van der Waals surface area contributed by atoms with E-state index in [1.807, 2.05) is 41.2 Å². The number of anilines is 1. The van der Waals surface area contributed by atoms with Gasteiger partial charge in [0.2, 0.25) is 0 Å². The molecule has 0 bridgehead atoms. The van der Waals surface area contributed by atoms with Crippen molar-refractivity contribution in [3.8, 4) is 11.1 Å². The maximum absolute atomic E-state index is 13.3. The van der Waals surface area contributed by atoms with Gasteiger partial charge in [-0.25, -0.2) is 9.78 Å². The van der Waals surface area contributed by atoms with Crippen LogP contribution in [0.15, 0.2) is 47.2 Å². The monoisotopic (exact) mass is 812 g/mol. The van der Waals surface area contributed by atoms with E-state index in [1.165, 1.54) is 0 Å². The molecule has 284 valence electrons. The summed E-state index contributed by atoms with van der Waals surface area (Å²) in [7, 11) is -2.67. The molecule has 14 heteroatoms. The third kappa shape index (κ3) is 10.00. The summed E-state index contributed by atoms with van der Waals surface area (Å²) in [5, 5.41) is 16.8. The highest BCUT2D eigenvalue weighted by molar-refractivity contribution is 9.10. The van der Waals surface area contributed by atoms with E-state index in [-0.39, 0.29) is 19.5 Å². The summed E-state index contributed by atoms with van der Waals surface area (Å²) in [6.45, 7) is 23.1. The topological polar surface area (TPSA) is 115 Å². The van der Waals surface area contributed by atoms with Gasteiger partial charge in [0, 0.05) is 71.3 Å². The van der Waals surface area contributed by atoms with Crippen LogP contribution in [0.2, 0.25) is 51.4 Å². The largest absolute Gasteiger partial charge is 0.465 e. The van der Waals surface area contributed by atoms with Crippen LogP contribution in [0.1, 0.15) is 45.3 Å². The van der Waals surface area contributed by atoms with Gasteiger partial charge in [-0.15, -0.1) is 0 Å². The van der Waals surface area contributed by atoms with E-state index in [4.69, 9.17) is 29.3 Å². The molecule has 0 spiro atoms. The van der Waals surface area contributed by atoms with Gasteiger partial charge in [-0.2, -0.15) is 9.61 Å². The number of fused-ring (bicyclic) bond motifs is 2. The van der Waals surface area contributed by atoms with Gasteiger partial charge in [0.05, 0.1) is 27.9 Å². The number of ether oxygens (including phenoxy) is 3. The van der Waals surface area contributed by atoms with Crippen molar-refractivity contribution in [1.82, 2.24) is 24.5 Å². The first-order valence-electron chi connectivity index (χ1n) is 18.4. The molecule has 1 N–H and O–H groups in total. The Kier molecular flexibility index (Phi) is 12.9.